The first-order valence-corrected chi connectivity index (χ1v) is 8.17. The van der Waals surface area contributed by atoms with E-state index >= 15 is 0 Å². The minimum atomic E-state index is -0.389. The molecule has 0 saturated carbocycles. The molecule has 25 heavy (non-hydrogen) atoms. The maximum absolute atomic E-state index is 12.1. The highest BCUT2D eigenvalue weighted by Gasteiger charge is 2.23. The summed E-state index contributed by atoms with van der Waals surface area (Å²) >= 11 is 0. The fourth-order valence-electron chi connectivity index (χ4n) is 2.54. The van der Waals surface area contributed by atoms with Gasteiger partial charge in [-0.25, -0.2) is 4.79 Å². The largest absolute Gasteiger partial charge is 0.368 e. The van der Waals surface area contributed by atoms with Gasteiger partial charge in [0.05, 0.1) is 0 Å². The second kappa shape index (κ2) is 8.25. The molecule has 0 unspecified atom stereocenters. The molecular formula is C18H20N4O3. The molecular weight excluding hydrogens is 320 g/mol. The predicted molar refractivity (Wildman–Crippen MR) is 94.1 cm³/mol. The fourth-order valence-corrected chi connectivity index (χ4v) is 2.54. The molecule has 7 heteroatoms. The molecule has 130 valence electrons. The Hall–Kier alpha value is -2.93. The number of pyridine rings is 1. The third-order valence-corrected chi connectivity index (χ3v) is 3.81. The van der Waals surface area contributed by atoms with Crippen molar-refractivity contribution in [1.29, 1.82) is 0 Å². The number of hydrogen-bond acceptors (Lipinski definition) is 4. The van der Waals surface area contributed by atoms with Crippen LogP contribution in [0.4, 0.5) is 16.2 Å². The van der Waals surface area contributed by atoms with E-state index in [9.17, 15) is 9.59 Å². The van der Waals surface area contributed by atoms with Crippen molar-refractivity contribution in [2.45, 2.75) is 25.5 Å². The van der Waals surface area contributed by atoms with Gasteiger partial charge >= 0.3 is 6.03 Å². The standard InChI is InChI=1S/C18H20N4O3/c23-17(16-5-2-10-25-16)21-14-3-1-4-15(11-14)22-18(24)20-12-13-6-8-19-9-7-13/h1,3-4,6-9,11,16H,2,5,10,12H2,(H,21,23)(H2,20,22,24)/t16-/m1/s1. The number of carbonyl (C=O) groups is 2. The number of anilines is 2. The van der Waals surface area contributed by atoms with Crippen LogP contribution in [0.15, 0.2) is 48.8 Å². The van der Waals surface area contributed by atoms with Gasteiger partial charge in [0.2, 0.25) is 0 Å². The molecule has 1 fully saturated rings. The molecule has 0 bridgehead atoms. The van der Waals surface area contributed by atoms with Gasteiger partial charge in [0, 0.05) is 36.9 Å². The SMILES string of the molecule is O=C(NCc1ccncc1)Nc1cccc(NC(=O)[C@H]2CCCO2)c1. The lowest BCUT2D eigenvalue weighted by Gasteiger charge is -2.12. The summed E-state index contributed by atoms with van der Waals surface area (Å²) in [4.78, 5) is 28.0. The van der Waals surface area contributed by atoms with Crippen molar-refractivity contribution >= 4 is 23.3 Å². The summed E-state index contributed by atoms with van der Waals surface area (Å²) in [5, 5.41) is 8.33. The summed E-state index contributed by atoms with van der Waals surface area (Å²) in [5.74, 6) is -0.156. The Bertz CT molecular complexity index is 730. The Balaban J connectivity index is 1.52. The fraction of sp³-hybridized carbons (Fsp3) is 0.278. The van der Waals surface area contributed by atoms with Crippen LogP contribution in [0.25, 0.3) is 0 Å². The number of nitrogens with zero attached hydrogens (tertiary/aromatic N) is 1. The summed E-state index contributed by atoms with van der Waals surface area (Å²) in [5.41, 5.74) is 2.17. The molecule has 1 aliphatic rings. The van der Waals surface area contributed by atoms with Crippen LogP contribution >= 0.6 is 0 Å². The lowest BCUT2D eigenvalue weighted by atomic mass is 10.2. The first-order chi connectivity index (χ1) is 12.2. The minimum Gasteiger partial charge on any atom is -0.368 e. The molecule has 0 aliphatic carbocycles. The maximum Gasteiger partial charge on any atom is 0.319 e. The topological polar surface area (TPSA) is 92.4 Å². The third-order valence-electron chi connectivity index (χ3n) is 3.81. The van der Waals surface area contributed by atoms with Gasteiger partial charge in [-0.1, -0.05) is 6.07 Å². The zero-order valence-corrected chi connectivity index (χ0v) is 13.7. The number of ether oxygens (including phenoxy) is 1. The van der Waals surface area contributed by atoms with Gasteiger partial charge < -0.3 is 20.7 Å². The summed E-state index contributed by atoms with van der Waals surface area (Å²) in [7, 11) is 0. The van der Waals surface area contributed by atoms with Gasteiger partial charge in [-0.2, -0.15) is 0 Å². The minimum absolute atomic E-state index is 0.156. The number of carbonyl (C=O) groups excluding carboxylic acids is 2. The first kappa shape index (κ1) is 16.9. The van der Waals surface area contributed by atoms with Crippen LogP contribution in [-0.4, -0.2) is 29.6 Å². The van der Waals surface area contributed by atoms with E-state index in [-0.39, 0.29) is 18.0 Å². The summed E-state index contributed by atoms with van der Waals surface area (Å²) < 4.78 is 5.36. The van der Waals surface area contributed by atoms with E-state index in [1.165, 1.54) is 0 Å². The van der Waals surface area contributed by atoms with Gasteiger partial charge in [0.1, 0.15) is 6.10 Å². The molecule has 1 aromatic carbocycles. The Labute approximate surface area is 145 Å². The lowest BCUT2D eigenvalue weighted by Crippen LogP contribution is -2.28. The van der Waals surface area contributed by atoms with Gasteiger partial charge in [-0.05, 0) is 48.7 Å². The van der Waals surface area contributed by atoms with Crippen LogP contribution < -0.4 is 16.0 Å². The smallest absolute Gasteiger partial charge is 0.319 e. The van der Waals surface area contributed by atoms with E-state index in [2.05, 4.69) is 20.9 Å². The van der Waals surface area contributed by atoms with E-state index < -0.39 is 0 Å². The molecule has 1 atom stereocenters. The molecule has 0 spiro atoms. The van der Waals surface area contributed by atoms with E-state index in [0.29, 0.717) is 24.5 Å². The number of hydrogen-bond donors (Lipinski definition) is 3. The van der Waals surface area contributed by atoms with Gasteiger partial charge in [-0.3, -0.25) is 9.78 Å². The van der Waals surface area contributed by atoms with E-state index in [1.54, 1.807) is 36.7 Å². The van der Waals surface area contributed by atoms with Crippen molar-refractivity contribution in [3.8, 4) is 0 Å². The molecule has 1 aliphatic heterocycles. The second-order valence-electron chi connectivity index (χ2n) is 5.73. The molecule has 1 aromatic heterocycles. The van der Waals surface area contributed by atoms with Crippen LogP contribution in [0, 0.1) is 0 Å². The van der Waals surface area contributed by atoms with Gasteiger partial charge in [-0.15, -0.1) is 0 Å². The Morgan fingerprint density at radius 3 is 2.60 bits per heavy atom. The van der Waals surface area contributed by atoms with E-state index in [4.69, 9.17) is 4.74 Å². The third kappa shape index (κ3) is 5.02. The molecule has 1 saturated heterocycles. The molecule has 0 radical (unpaired) electrons. The summed E-state index contributed by atoms with van der Waals surface area (Å²) in [6, 6.07) is 10.4. The molecule has 2 aromatic rings. The van der Waals surface area contributed by atoms with Crippen molar-refractivity contribution in [3.63, 3.8) is 0 Å². The number of nitrogens with one attached hydrogen (secondary N) is 3. The number of benzene rings is 1. The van der Waals surface area contributed by atoms with Crippen LogP contribution in [0.1, 0.15) is 18.4 Å². The monoisotopic (exact) mass is 340 g/mol. The average Bonchev–Trinajstić information content (AvgIpc) is 3.16. The van der Waals surface area contributed by atoms with Crippen molar-refractivity contribution in [2.24, 2.45) is 0 Å². The first-order valence-electron chi connectivity index (χ1n) is 8.17. The lowest BCUT2D eigenvalue weighted by molar-refractivity contribution is -0.124. The zero-order valence-electron chi connectivity index (χ0n) is 13.7. The second-order valence-corrected chi connectivity index (χ2v) is 5.73. The van der Waals surface area contributed by atoms with Crippen LogP contribution in [0.5, 0.6) is 0 Å². The van der Waals surface area contributed by atoms with Crippen LogP contribution in [0.3, 0.4) is 0 Å². The highest BCUT2D eigenvalue weighted by Crippen LogP contribution is 2.18. The van der Waals surface area contributed by atoms with E-state index in [1.807, 2.05) is 12.1 Å². The highest BCUT2D eigenvalue weighted by atomic mass is 16.5. The van der Waals surface area contributed by atoms with Crippen LogP contribution in [-0.2, 0) is 16.1 Å². The summed E-state index contributed by atoms with van der Waals surface area (Å²) in [6.45, 7) is 1.03. The van der Waals surface area contributed by atoms with Crippen LogP contribution in [0.2, 0.25) is 0 Å². The van der Waals surface area contributed by atoms with Crippen molar-refractivity contribution in [3.05, 3.63) is 54.4 Å². The Morgan fingerprint density at radius 1 is 1.12 bits per heavy atom. The number of amides is 3. The normalized spacial score (nSPS) is 16.2. The highest BCUT2D eigenvalue weighted by molar-refractivity contribution is 5.95. The molecule has 7 nitrogen and oxygen atoms in total. The Morgan fingerprint density at radius 2 is 1.88 bits per heavy atom. The van der Waals surface area contributed by atoms with Crippen molar-refractivity contribution in [1.82, 2.24) is 10.3 Å². The molecule has 3 amide bonds. The van der Waals surface area contributed by atoms with Crippen molar-refractivity contribution < 1.29 is 14.3 Å². The van der Waals surface area contributed by atoms with Gasteiger partial charge in [0.15, 0.2) is 0 Å². The van der Waals surface area contributed by atoms with Crippen molar-refractivity contribution in [2.75, 3.05) is 17.2 Å². The number of urea groups is 1. The van der Waals surface area contributed by atoms with E-state index in [0.717, 1.165) is 18.4 Å². The van der Waals surface area contributed by atoms with Gasteiger partial charge in [0.25, 0.3) is 5.91 Å². The summed E-state index contributed by atoms with van der Waals surface area (Å²) in [6.07, 6.45) is 4.60. The predicted octanol–water partition coefficient (Wildman–Crippen LogP) is 2.52. The molecule has 3 N–H and O–H groups in total. The average molecular weight is 340 g/mol. The quantitative estimate of drug-likeness (QED) is 0.780. The maximum atomic E-state index is 12.1. The molecule has 2 heterocycles. The number of rotatable bonds is 5. The number of aromatic nitrogens is 1. The molecule has 3 rings (SSSR count). The zero-order chi connectivity index (χ0) is 17.5. The Kier molecular flexibility index (Phi) is 5.58.